The Hall–Kier alpha value is -2.09. The average molecular weight is 423 g/mol. The molecule has 0 unspecified atom stereocenters. The van der Waals surface area contributed by atoms with Crippen molar-refractivity contribution < 1.29 is 19.4 Å². The Labute approximate surface area is 144 Å². The molecule has 116 valence electrons. The Balaban J connectivity index is 2.02. The number of H-pyrrole nitrogens is 1. The second-order valence-electron chi connectivity index (χ2n) is 5.62. The van der Waals surface area contributed by atoms with Crippen LogP contribution in [-0.4, -0.2) is 21.2 Å². The summed E-state index contributed by atoms with van der Waals surface area (Å²) in [4.78, 5) is 14.3. The zero-order valence-electron chi connectivity index (χ0n) is 11.8. The molecular formula is C17H11FINO3. The molecule has 4 rings (SSSR count). The van der Waals surface area contributed by atoms with E-state index >= 15 is 0 Å². The number of phenols is 1. The summed E-state index contributed by atoms with van der Waals surface area (Å²) in [6, 6.07) is 6.36. The number of rotatable bonds is 1. The second kappa shape index (κ2) is 4.95. The molecule has 3 aromatic rings. The van der Waals surface area contributed by atoms with Crippen LogP contribution in [0.1, 0.15) is 21.5 Å². The third kappa shape index (κ3) is 2.12. The quantitative estimate of drug-likeness (QED) is 0.517. The van der Waals surface area contributed by atoms with Crippen LogP contribution in [0.15, 0.2) is 24.3 Å². The highest BCUT2D eigenvalue weighted by molar-refractivity contribution is 14.1. The van der Waals surface area contributed by atoms with Crippen molar-refractivity contribution in [2.75, 3.05) is 0 Å². The Morgan fingerprint density at radius 3 is 2.74 bits per heavy atom. The predicted molar refractivity (Wildman–Crippen MR) is 92.4 cm³/mol. The molecule has 0 fully saturated rings. The van der Waals surface area contributed by atoms with Gasteiger partial charge < -0.3 is 15.2 Å². The molecule has 1 aliphatic carbocycles. The highest BCUT2D eigenvalue weighted by Crippen LogP contribution is 2.41. The molecule has 23 heavy (non-hydrogen) atoms. The lowest BCUT2D eigenvalue weighted by Gasteiger charge is -2.18. The van der Waals surface area contributed by atoms with Gasteiger partial charge in [0.05, 0.1) is 11.2 Å². The molecule has 0 saturated heterocycles. The Morgan fingerprint density at radius 1 is 1.22 bits per heavy atom. The molecule has 4 nitrogen and oxygen atoms in total. The summed E-state index contributed by atoms with van der Waals surface area (Å²) >= 11 is 2.08. The molecule has 0 radical (unpaired) electrons. The molecule has 0 amide bonds. The van der Waals surface area contributed by atoms with Crippen LogP contribution in [0.25, 0.3) is 22.2 Å². The van der Waals surface area contributed by atoms with Gasteiger partial charge in [0.15, 0.2) is 0 Å². The van der Waals surface area contributed by atoms with Crippen molar-refractivity contribution in [3.63, 3.8) is 0 Å². The van der Waals surface area contributed by atoms with Crippen LogP contribution in [0, 0.1) is 9.39 Å². The lowest BCUT2D eigenvalue weighted by Crippen LogP contribution is -2.06. The van der Waals surface area contributed by atoms with E-state index in [2.05, 4.69) is 27.6 Å². The monoisotopic (exact) mass is 423 g/mol. The lowest BCUT2D eigenvalue weighted by molar-refractivity contribution is 0.0693. The van der Waals surface area contributed by atoms with Gasteiger partial charge in [-0.1, -0.05) is 0 Å². The molecule has 0 bridgehead atoms. The SMILES string of the molecule is O=C(O)c1cc2c(cc1O)-c1[nH]c3c(F)cc(I)cc3c1CC2. The molecule has 0 atom stereocenters. The van der Waals surface area contributed by atoms with Gasteiger partial charge in [-0.2, -0.15) is 0 Å². The van der Waals surface area contributed by atoms with Crippen molar-refractivity contribution in [3.8, 4) is 17.0 Å². The Kier molecular flexibility index (Phi) is 3.12. The average Bonchev–Trinajstić information content (AvgIpc) is 2.86. The van der Waals surface area contributed by atoms with E-state index in [1.165, 1.54) is 18.2 Å². The zero-order chi connectivity index (χ0) is 16.3. The molecule has 0 aliphatic heterocycles. The smallest absolute Gasteiger partial charge is 0.339 e. The number of carbonyl (C=O) groups is 1. The third-order valence-electron chi connectivity index (χ3n) is 4.30. The molecule has 0 saturated carbocycles. The minimum absolute atomic E-state index is 0.107. The van der Waals surface area contributed by atoms with E-state index < -0.39 is 5.97 Å². The number of carboxylic acids is 1. The predicted octanol–water partition coefficient (Wildman–Crippen LogP) is 4.08. The van der Waals surface area contributed by atoms with Crippen LogP contribution in [0.4, 0.5) is 4.39 Å². The van der Waals surface area contributed by atoms with Crippen molar-refractivity contribution in [1.29, 1.82) is 0 Å². The molecule has 3 N–H and O–H groups in total. The fourth-order valence-corrected chi connectivity index (χ4v) is 3.85. The normalized spacial score (nSPS) is 13.0. The number of hydrogen-bond donors (Lipinski definition) is 3. The molecule has 1 aromatic heterocycles. The van der Waals surface area contributed by atoms with Crippen LogP contribution < -0.4 is 0 Å². The molecule has 0 spiro atoms. The summed E-state index contributed by atoms with van der Waals surface area (Å²) in [6.45, 7) is 0. The second-order valence-corrected chi connectivity index (χ2v) is 6.87. The van der Waals surface area contributed by atoms with Crippen molar-refractivity contribution >= 4 is 39.5 Å². The van der Waals surface area contributed by atoms with Gasteiger partial charge in [-0.15, -0.1) is 0 Å². The number of halogens is 2. The number of hydrogen-bond acceptors (Lipinski definition) is 2. The fraction of sp³-hybridized carbons (Fsp3) is 0.118. The summed E-state index contributed by atoms with van der Waals surface area (Å²) in [5.74, 6) is -1.75. The van der Waals surface area contributed by atoms with Gasteiger partial charge in [0.25, 0.3) is 0 Å². The zero-order valence-corrected chi connectivity index (χ0v) is 13.9. The largest absolute Gasteiger partial charge is 0.507 e. The number of aromatic nitrogens is 1. The molecule has 1 heterocycles. The molecular weight excluding hydrogens is 412 g/mol. The number of aryl methyl sites for hydroxylation is 2. The highest BCUT2D eigenvalue weighted by Gasteiger charge is 2.25. The minimum Gasteiger partial charge on any atom is -0.507 e. The highest BCUT2D eigenvalue weighted by atomic mass is 127. The number of aromatic amines is 1. The maximum absolute atomic E-state index is 14.2. The number of aromatic hydroxyl groups is 1. The van der Waals surface area contributed by atoms with Crippen LogP contribution >= 0.6 is 22.6 Å². The number of nitrogens with one attached hydrogen (secondary N) is 1. The third-order valence-corrected chi connectivity index (χ3v) is 4.92. The van der Waals surface area contributed by atoms with Crippen LogP contribution in [0.2, 0.25) is 0 Å². The number of aromatic carboxylic acids is 1. The standard InChI is InChI=1S/C17H11FINO3/c18-13-5-8(19)4-11-9-2-1-7-3-12(17(22)23)14(21)6-10(7)15(9)20-16(11)13/h3-6,20-21H,1-2H2,(H,22,23). The lowest BCUT2D eigenvalue weighted by atomic mass is 9.87. The van der Waals surface area contributed by atoms with Gasteiger partial charge in [-0.3, -0.25) is 0 Å². The summed E-state index contributed by atoms with van der Waals surface area (Å²) in [5.41, 5.74) is 3.68. The van der Waals surface area contributed by atoms with Crippen LogP contribution in [0.5, 0.6) is 5.75 Å². The first-order chi connectivity index (χ1) is 11.0. The van der Waals surface area contributed by atoms with Crippen molar-refractivity contribution in [2.24, 2.45) is 0 Å². The first-order valence-electron chi connectivity index (χ1n) is 7.05. The van der Waals surface area contributed by atoms with Crippen LogP contribution in [-0.2, 0) is 12.8 Å². The van der Waals surface area contributed by atoms with Crippen LogP contribution in [0.3, 0.4) is 0 Å². The Morgan fingerprint density at radius 2 is 2.00 bits per heavy atom. The maximum atomic E-state index is 14.2. The summed E-state index contributed by atoms with van der Waals surface area (Å²) in [6.07, 6.45) is 1.36. The molecule has 1 aliphatic rings. The number of fused-ring (bicyclic) bond motifs is 5. The van der Waals surface area contributed by atoms with Gasteiger partial charge in [-0.05, 0) is 70.8 Å². The van der Waals surface area contributed by atoms with E-state index in [1.54, 1.807) is 0 Å². The van der Waals surface area contributed by atoms with Crippen molar-refractivity contribution in [2.45, 2.75) is 12.8 Å². The summed E-state index contributed by atoms with van der Waals surface area (Å²) < 4.78 is 15.0. The van der Waals surface area contributed by atoms with E-state index in [4.69, 9.17) is 5.11 Å². The molecule has 6 heteroatoms. The van der Waals surface area contributed by atoms with Gasteiger partial charge in [0.1, 0.15) is 17.1 Å². The van der Waals surface area contributed by atoms with Gasteiger partial charge >= 0.3 is 5.97 Å². The molecule has 2 aromatic carbocycles. The Bertz CT molecular complexity index is 993. The van der Waals surface area contributed by atoms with E-state index in [9.17, 15) is 14.3 Å². The minimum atomic E-state index is -1.16. The van der Waals surface area contributed by atoms with E-state index in [1.807, 2.05) is 6.07 Å². The summed E-state index contributed by atoms with van der Waals surface area (Å²) in [5, 5.41) is 19.9. The fourth-order valence-electron chi connectivity index (χ4n) is 3.27. The van der Waals surface area contributed by atoms with E-state index in [-0.39, 0.29) is 17.1 Å². The van der Waals surface area contributed by atoms with E-state index in [0.717, 1.165) is 31.3 Å². The van der Waals surface area contributed by atoms with E-state index in [0.29, 0.717) is 18.4 Å². The van der Waals surface area contributed by atoms with Crippen molar-refractivity contribution in [1.82, 2.24) is 4.98 Å². The van der Waals surface area contributed by atoms with Gasteiger partial charge in [0.2, 0.25) is 0 Å². The van der Waals surface area contributed by atoms with Crippen molar-refractivity contribution in [3.05, 3.63) is 50.3 Å². The van der Waals surface area contributed by atoms with Gasteiger partial charge in [-0.25, -0.2) is 9.18 Å². The first kappa shape index (κ1) is 14.5. The first-order valence-corrected chi connectivity index (χ1v) is 8.12. The number of benzene rings is 2. The van der Waals surface area contributed by atoms with Gasteiger partial charge in [0, 0.05) is 14.5 Å². The summed E-state index contributed by atoms with van der Waals surface area (Å²) in [7, 11) is 0. The topological polar surface area (TPSA) is 73.3 Å². The maximum Gasteiger partial charge on any atom is 0.339 e. The number of carboxylic acid groups (broad SMARTS) is 1.